The van der Waals surface area contributed by atoms with Crippen molar-refractivity contribution < 1.29 is 0 Å². The Morgan fingerprint density at radius 3 is 2.00 bits per heavy atom. The Labute approximate surface area is 171 Å². The zero-order chi connectivity index (χ0) is 18.1. The van der Waals surface area contributed by atoms with E-state index in [4.69, 9.17) is 0 Å². The zero-order valence-corrected chi connectivity index (χ0v) is 17.9. The highest BCUT2D eigenvalue weighted by atomic mass is 127. The van der Waals surface area contributed by atoms with E-state index in [9.17, 15) is 0 Å². The Hall–Kier alpha value is -1.35. The first-order valence-corrected chi connectivity index (χ1v) is 11.3. The summed E-state index contributed by atoms with van der Waals surface area (Å²) in [5.74, 6) is 1.14. The van der Waals surface area contributed by atoms with E-state index in [0.717, 1.165) is 11.3 Å². The summed E-state index contributed by atoms with van der Waals surface area (Å²) in [7, 11) is 0. The van der Waals surface area contributed by atoms with Crippen LogP contribution in [0.2, 0.25) is 0 Å². The molecule has 5 rings (SSSR count). The van der Waals surface area contributed by atoms with E-state index >= 15 is 0 Å². The normalized spacial score (nSPS) is 19.6. The number of rotatable bonds is 2. The van der Waals surface area contributed by atoms with Gasteiger partial charge >= 0.3 is 0 Å². The summed E-state index contributed by atoms with van der Waals surface area (Å²) in [5, 5.41) is 2.62. The monoisotopic (exact) mass is 454 g/mol. The van der Waals surface area contributed by atoms with Gasteiger partial charge in [-0.15, -0.1) is 0 Å². The molecule has 1 atom stereocenters. The van der Waals surface area contributed by atoms with Crippen molar-refractivity contribution in [3.8, 4) is 11.1 Å². The Bertz CT molecular complexity index is 903. The fraction of sp³-hybridized carbons (Fsp3) is 0.360. The topological polar surface area (TPSA) is 0 Å². The van der Waals surface area contributed by atoms with Crippen molar-refractivity contribution in [1.82, 2.24) is 0 Å². The van der Waals surface area contributed by atoms with Crippen LogP contribution in [0.15, 0.2) is 60.7 Å². The third kappa shape index (κ3) is 3.69. The fourth-order valence-electron chi connectivity index (χ4n) is 4.18. The number of alkyl halides is 1. The standard InChI is InChI=1S/C18H16.C7H11I/c1-13-3-6-15(7-4-13)17-10-9-16-11-14(2)5-8-18(16)12-17;8-5-6-4-7(6)2-1-3-7/h3-12H,1-2H3;6H,1-5H2. The molecule has 0 amide bonds. The predicted molar refractivity (Wildman–Crippen MR) is 122 cm³/mol. The minimum Gasteiger partial charge on any atom is -0.0861 e. The van der Waals surface area contributed by atoms with E-state index in [-0.39, 0.29) is 0 Å². The molecule has 0 N–H and O–H groups in total. The SMILES string of the molecule is Cc1ccc(-c2ccc3cc(C)ccc3c2)cc1.ICC1CC12CCC2. The van der Waals surface area contributed by atoms with Crippen LogP contribution in [0, 0.1) is 25.2 Å². The van der Waals surface area contributed by atoms with Crippen molar-refractivity contribution in [2.45, 2.75) is 39.5 Å². The Morgan fingerprint density at radius 2 is 1.42 bits per heavy atom. The van der Waals surface area contributed by atoms with Crippen LogP contribution in [0.25, 0.3) is 21.9 Å². The highest BCUT2D eigenvalue weighted by molar-refractivity contribution is 14.1. The van der Waals surface area contributed by atoms with Crippen LogP contribution >= 0.6 is 22.6 Å². The van der Waals surface area contributed by atoms with Gasteiger partial charge in [0, 0.05) is 4.43 Å². The molecule has 0 saturated heterocycles. The van der Waals surface area contributed by atoms with Crippen molar-refractivity contribution in [2.24, 2.45) is 11.3 Å². The van der Waals surface area contributed by atoms with Gasteiger partial charge in [0.15, 0.2) is 0 Å². The summed E-state index contributed by atoms with van der Waals surface area (Å²) in [5.41, 5.74) is 6.11. The first-order valence-electron chi connectivity index (χ1n) is 9.73. The maximum absolute atomic E-state index is 2.52. The van der Waals surface area contributed by atoms with E-state index in [0.29, 0.717) is 0 Å². The molecule has 1 unspecified atom stereocenters. The largest absolute Gasteiger partial charge is 0.0861 e. The number of benzene rings is 3. The van der Waals surface area contributed by atoms with Gasteiger partial charge in [0.25, 0.3) is 0 Å². The molecular weight excluding hydrogens is 427 g/mol. The molecule has 26 heavy (non-hydrogen) atoms. The van der Waals surface area contributed by atoms with Crippen molar-refractivity contribution in [3.05, 3.63) is 71.8 Å². The maximum atomic E-state index is 2.52. The van der Waals surface area contributed by atoms with Crippen LogP contribution < -0.4 is 0 Å². The summed E-state index contributed by atoms with van der Waals surface area (Å²) in [6, 6.07) is 22.0. The van der Waals surface area contributed by atoms with Gasteiger partial charge in [0.05, 0.1) is 0 Å². The lowest BCUT2D eigenvalue weighted by molar-refractivity contribution is 0.266. The fourth-order valence-corrected chi connectivity index (χ4v) is 5.43. The van der Waals surface area contributed by atoms with Gasteiger partial charge < -0.3 is 0 Å². The number of hydrogen-bond acceptors (Lipinski definition) is 0. The summed E-state index contributed by atoms with van der Waals surface area (Å²) in [6.07, 6.45) is 6.20. The minimum absolute atomic E-state index is 0.932. The van der Waals surface area contributed by atoms with Gasteiger partial charge in [-0.1, -0.05) is 94.7 Å². The van der Waals surface area contributed by atoms with Gasteiger partial charge in [-0.3, -0.25) is 0 Å². The number of hydrogen-bond donors (Lipinski definition) is 0. The van der Waals surface area contributed by atoms with E-state index < -0.39 is 0 Å². The predicted octanol–water partition coefficient (Wildman–Crippen LogP) is 7.74. The third-order valence-corrected chi connectivity index (χ3v) is 7.34. The smallest absolute Gasteiger partial charge is 0.00292 e. The molecule has 3 aromatic rings. The van der Waals surface area contributed by atoms with E-state index in [2.05, 4.69) is 97.1 Å². The molecule has 1 spiro atoms. The van der Waals surface area contributed by atoms with E-state index in [1.807, 2.05) is 0 Å². The number of aryl methyl sites for hydroxylation is 2. The zero-order valence-electron chi connectivity index (χ0n) is 15.8. The van der Waals surface area contributed by atoms with E-state index in [1.165, 1.54) is 43.9 Å². The van der Waals surface area contributed by atoms with Crippen molar-refractivity contribution in [3.63, 3.8) is 0 Å². The Balaban J connectivity index is 0.000000174. The molecule has 0 nitrogen and oxygen atoms in total. The molecule has 0 aliphatic heterocycles. The van der Waals surface area contributed by atoms with Crippen LogP contribution in [-0.4, -0.2) is 4.43 Å². The lowest BCUT2D eigenvalue weighted by Gasteiger charge is -2.26. The molecule has 2 saturated carbocycles. The second-order valence-corrected chi connectivity index (χ2v) is 9.08. The summed E-state index contributed by atoms with van der Waals surface area (Å²) in [4.78, 5) is 0. The molecule has 1 heteroatoms. The molecule has 0 aromatic heterocycles. The van der Waals surface area contributed by atoms with Crippen LogP contribution in [0.3, 0.4) is 0 Å². The molecule has 0 radical (unpaired) electrons. The summed E-state index contributed by atoms with van der Waals surface area (Å²) >= 11 is 2.52. The van der Waals surface area contributed by atoms with Crippen molar-refractivity contribution in [1.29, 1.82) is 0 Å². The Morgan fingerprint density at radius 1 is 0.808 bits per heavy atom. The molecule has 134 valence electrons. The van der Waals surface area contributed by atoms with Gasteiger partial charge in [-0.05, 0) is 72.4 Å². The van der Waals surface area contributed by atoms with Gasteiger partial charge in [-0.25, -0.2) is 0 Å². The molecular formula is C25H27I. The third-order valence-electron chi connectivity index (χ3n) is 6.28. The first-order chi connectivity index (χ1) is 12.6. The first kappa shape index (κ1) is 18.0. The minimum atomic E-state index is 0.932. The molecule has 3 aromatic carbocycles. The second kappa shape index (κ2) is 7.34. The Kier molecular flexibility index (Phi) is 5.09. The van der Waals surface area contributed by atoms with Crippen molar-refractivity contribution in [2.75, 3.05) is 4.43 Å². The average Bonchev–Trinajstić information content (AvgIpc) is 3.38. The van der Waals surface area contributed by atoms with Gasteiger partial charge in [0.1, 0.15) is 0 Å². The van der Waals surface area contributed by atoms with Crippen LogP contribution in [0.4, 0.5) is 0 Å². The van der Waals surface area contributed by atoms with E-state index in [1.54, 1.807) is 19.3 Å². The average molecular weight is 454 g/mol. The number of fused-ring (bicyclic) bond motifs is 1. The highest BCUT2D eigenvalue weighted by Gasteiger charge is 2.56. The number of halogens is 1. The molecule has 0 heterocycles. The lowest BCUT2D eigenvalue weighted by atomic mass is 9.80. The lowest BCUT2D eigenvalue weighted by Crippen LogP contribution is -2.14. The molecule has 2 aliphatic rings. The quantitative estimate of drug-likeness (QED) is 0.275. The van der Waals surface area contributed by atoms with Crippen molar-refractivity contribution >= 4 is 33.4 Å². The maximum Gasteiger partial charge on any atom is 0.00292 e. The summed E-state index contributed by atoms with van der Waals surface area (Å²) < 4.78 is 1.41. The molecule has 0 bridgehead atoms. The van der Waals surface area contributed by atoms with Gasteiger partial charge in [-0.2, -0.15) is 0 Å². The molecule has 2 aliphatic carbocycles. The van der Waals surface area contributed by atoms with Crippen LogP contribution in [0.1, 0.15) is 36.8 Å². The van der Waals surface area contributed by atoms with Crippen LogP contribution in [-0.2, 0) is 0 Å². The highest BCUT2D eigenvalue weighted by Crippen LogP contribution is 2.65. The van der Waals surface area contributed by atoms with Crippen LogP contribution in [0.5, 0.6) is 0 Å². The summed E-state index contributed by atoms with van der Waals surface area (Å²) in [6.45, 7) is 4.25. The van der Waals surface area contributed by atoms with Gasteiger partial charge in [0.2, 0.25) is 0 Å². The molecule has 2 fully saturated rings. The second-order valence-electron chi connectivity index (χ2n) is 8.20.